The lowest BCUT2D eigenvalue weighted by Gasteiger charge is -2.21. The maximum absolute atomic E-state index is 12.2. The number of carbonyl (C=O) groups is 1. The minimum absolute atomic E-state index is 0.173. The van der Waals surface area contributed by atoms with Crippen LogP contribution in [0.3, 0.4) is 0 Å². The number of rotatable bonds is 7. The van der Waals surface area contributed by atoms with Crippen LogP contribution < -0.4 is 5.32 Å². The Kier molecular flexibility index (Phi) is 8.84. The van der Waals surface area contributed by atoms with Gasteiger partial charge in [0.05, 0.1) is 6.54 Å². The predicted molar refractivity (Wildman–Crippen MR) is 75.9 cm³/mol. The molecule has 0 aliphatic heterocycles. The van der Waals surface area contributed by atoms with Gasteiger partial charge in [0.25, 0.3) is 0 Å². The second-order valence-corrected chi connectivity index (χ2v) is 5.13. The number of amides is 1. The standard InChI is InChI=1S/C15H29NO3/c1-3-18-14(19-4-2)12-16-15(17)13-10-8-6-5-7-9-11-13/h13-14H,3-12H2,1-2H3,(H,16,17). The molecule has 0 unspecified atom stereocenters. The van der Waals surface area contributed by atoms with Crippen LogP contribution in [0.1, 0.15) is 58.8 Å². The Hall–Kier alpha value is -0.610. The van der Waals surface area contributed by atoms with Crippen LogP contribution in [0.2, 0.25) is 0 Å². The summed E-state index contributed by atoms with van der Waals surface area (Å²) in [6.45, 7) is 5.52. The van der Waals surface area contributed by atoms with Crippen LogP contribution in [0.4, 0.5) is 0 Å². The second-order valence-electron chi connectivity index (χ2n) is 5.13. The lowest BCUT2D eigenvalue weighted by Crippen LogP contribution is -2.38. The molecule has 0 atom stereocenters. The minimum Gasteiger partial charge on any atom is -0.351 e. The molecule has 1 saturated carbocycles. The highest BCUT2D eigenvalue weighted by Crippen LogP contribution is 2.22. The van der Waals surface area contributed by atoms with Gasteiger partial charge in [-0.2, -0.15) is 0 Å². The summed E-state index contributed by atoms with van der Waals surface area (Å²) < 4.78 is 10.9. The molecule has 0 radical (unpaired) electrons. The molecule has 1 aliphatic carbocycles. The fourth-order valence-corrected chi connectivity index (χ4v) is 2.58. The van der Waals surface area contributed by atoms with E-state index >= 15 is 0 Å². The maximum atomic E-state index is 12.2. The molecule has 1 N–H and O–H groups in total. The average Bonchev–Trinajstić information content (AvgIpc) is 2.36. The molecular weight excluding hydrogens is 242 g/mol. The number of hydrogen-bond donors (Lipinski definition) is 1. The Morgan fingerprint density at radius 2 is 1.58 bits per heavy atom. The Morgan fingerprint density at radius 1 is 1.05 bits per heavy atom. The lowest BCUT2D eigenvalue weighted by molar-refractivity contribution is -0.142. The summed E-state index contributed by atoms with van der Waals surface area (Å²) in [7, 11) is 0. The van der Waals surface area contributed by atoms with Crippen LogP contribution in [0, 0.1) is 5.92 Å². The van der Waals surface area contributed by atoms with Crippen LogP contribution in [0.25, 0.3) is 0 Å². The van der Waals surface area contributed by atoms with Gasteiger partial charge < -0.3 is 14.8 Å². The van der Waals surface area contributed by atoms with E-state index in [2.05, 4.69) is 5.32 Å². The molecule has 4 heteroatoms. The first-order valence-corrected chi connectivity index (χ1v) is 7.78. The molecule has 0 aromatic carbocycles. The molecule has 0 aromatic heterocycles. The van der Waals surface area contributed by atoms with Crippen molar-refractivity contribution in [2.75, 3.05) is 19.8 Å². The van der Waals surface area contributed by atoms with E-state index in [9.17, 15) is 4.79 Å². The zero-order chi connectivity index (χ0) is 13.9. The molecule has 1 fully saturated rings. The van der Waals surface area contributed by atoms with Crippen LogP contribution in [0.15, 0.2) is 0 Å². The number of nitrogens with one attached hydrogen (secondary N) is 1. The Balaban J connectivity index is 2.30. The van der Waals surface area contributed by atoms with Crippen LogP contribution in [0.5, 0.6) is 0 Å². The maximum Gasteiger partial charge on any atom is 0.223 e. The zero-order valence-electron chi connectivity index (χ0n) is 12.5. The molecule has 4 nitrogen and oxygen atoms in total. The van der Waals surface area contributed by atoms with Gasteiger partial charge in [-0.15, -0.1) is 0 Å². The topological polar surface area (TPSA) is 47.6 Å². The molecular formula is C15H29NO3. The van der Waals surface area contributed by atoms with E-state index in [1.54, 1.807) is 0 Å². The summed E-state index contributed by atoms with van der Waals surface area (Å²) in [6, 6.07) is 0. The third-order valence-corrected chi connectivity index (χ3v) is 3.62. The number of hydrogen-bond acceptors (Lipinski definition) is 3. The van der Waals surface area contributed by atoms with E-state index in [1.807, 2.05) is 13.8 Å². The van der Waals surface area contributed by atoms with Crippen molar-refractivity contribution in [1.29, 1.82) is 0 Å². The Labute approximate surface area is 117 Å². The van der Waals surface area contributed by atoms with Crippen molar-refractivity contribution in [3.05, 3.63) is 0 Å². The van der Waals surface area contributed by atoms with Gasteiger partial charge in [-0.05, 0) is 26.7 Å². The third-order valence-electron chi connectivity index (χ3n) is 3.62. The van der Waals surface area contributed by atoms with Crippen molar-refractivity contribution in [3.8, 4) is 0 Å². The van der Waals surface area contributed by atoms with E-state index in [4.69, 9.17) is 9.47 Å². The monoisotopic (exact) mass is 271 g/mol. The first-order valence-electron chi connectivity index (χ1n) is 7.78. The molecule has 1 amide bonds. The highest BCUT2D eigenvalue weighted by molar-refractivity contribution is 5.78. The fourth-order valence-electron chi connectivity index (χ4n) is 2.58. The first kappa shape index (κ1) is 16.4. The predicted octanol–water partition coefficient (Wildman–Crippen LogP) is 2.86. The zero-order valence-corrected chi connectivity index (χ0v) is 12.5. The van der Waals surface area contributed by atoms with Gasteiger partial charge in [0.15, 0.2) is 6.29 Å². The fraction of sp³-hybridized carbons (Fsp3) is 0.933. The summed E-state index contributed by atoms with van der Waals surface area (Å²) in [5.41, 5.74) is 0. The van der Waals surface area contributed by atoms with Gasteiger partial charge in [-0.1, -0.05) is 32.1 Å². The van der Waals surface area contributed by atoms with Gasteiger partial charge in [0.2, 0.25) is 5.91 Å². The van der Waals surface area contributed by atoms with Crippen molar-refractivity contribution >= 4 is 5.91 Å². The van der Waals surface area contributed by atoms with Crippen molar-refractivity contribution in [1.82, 2.24) is 5.32 Å². The molecule has 1 rings (SSSR count). The van der Waals surface area contributed by atoms with Gasteiger partial charge in [-0.25, -0.2) is 0 Å². The largest absolute Gasteiger partial charge is 0.351 e. The Morgan fingerprint density at radius 3 is 2.11 bits per heavy atom. The van der Waals surface area contributed by atoms with E-state index < -0.39 is 0 Å². The van der Waals surface area contributed by atoms with Gasteiger partial charge in [-0.3, -0.25) is 4.79 Å². The van der Waals surface area contributed by atoms with Crippen molar-refractivity contribution in [2.45, 2.75) is 65.1 Å². The van der Waals surface area contributed by atoms with Crippen molar-refractivity contribution in [2.24, 2.45) is 5.92 Å². The third kappa shape index (κ3) is 6.92. The smallest absolute Gasteiger partial charge is 0.223 e. The summed E-state index contributed by atoms with van der Waals surface area (Å²) in [4.78, 5) is 12.2. The van der Waals surface area contributed by atoms with Crippen molar-refractivity contribution < 1.29 is 14.3 Å². The lowest BCUT2D eigenvalue weighted by atomic mass is 9.90. The van der Waals surface area contributed by atoms with Crippen LogP contribution in [-0.2, 0) is 14.3 Å². The molecule has 0 spiro atoms. The summed E-state index contributed by atoms with van der Waals surface area (Å²) in [6.07, 6.45) is 7.96. The van der Waals surface area contributed by atoms with Gasteiger partial charge in [0, 0.05) is 19.1 Å². The van der Waals surface area contributed by atoms with E-state index in [0.717, 1.165) is 12.8 Å². The molecule has 0 aromatic rings. The normalized spacial score (nSPS) is 18.1. The minimum atomic E-state index is -0.312. The molecule has 1 aliphatic rings. The highest BCUT2D eigenvalue weighted by atomic mass is 16.7. The summed E-state index contributed by atoms with van der Waals surface area (Å²) in [5.74, 6) is 0.357. The molecule has 19 heavy (non-hydrogen) atoms. The number of ether oxygens (including phenoxy) is 2. The SMILES string of the molecule is CCOC(CNC(=O)C1CCCCCCC1)OCC. The average molecular weight is 271 g/mol. The first-order chi connectivity index (χ1) is 9.27. The molecule has 0 saturated heterocycles. The quantitative estimate of drug-likeness (QED) is 0.724. The van der Waals surface area contributed by atoms with E-state index in [0.29, 0.717) is 19.8 Å². The number of carbonyl (C=O) groups excluding carboxylic acids is 1. The molecule has 0 bridgehead atoms. The van der Waals surface area contributed by atoms with Crippen molar-refractivity contribution in [3.63, 3.8) is 0 Å². The molecule has 112 valence electrons. The Bertz CT molecular complexity index is 232. The van der Waals surface area contributed by atoms with Crippen LogP contribution >= 0.6 is 0 Å². The van der Waals surface area contributed by atoms with Crippen LogP contribution in [-0.4, -0.2) is 32.0 Å². The summed E-state index contributed by atoms with van der Waals surface area (Å²) >= 11 is 0. The highest BCUT2D eigenvalue weighted by Gasteiger charge is 2.20. The van der Waals surface area contributed by atoms with Gasteiger partial charge in [0.1, 0.15) is 0 Å². The van der Waals surface area contributed by atoms with E-state index in [-0.39, 0.29) is 18.1 Å². The second kappa shape index (κ2) is 10.2. The van der Waals surface area contributed by atoms with Gasteiger partial charge >= 0.3 is 0 Å². The van der Waals surface area contributed by atoms with E-state index in [1.165, 1.54) is 32.1 Å². The molecule has 0 heterocycles. The summed E-state index contributed by atoms with van der Waals surface area (Å²) in [5, 5.41) is 2.98.